The van der Waals surface area contributed by atoms with E-state index in [4.69, 9.17) is 0 Å². The number of aromatic nitrogens is 2. The predicted molar refractivity (Wildman–Crippen MR) is 79.6 cm³/mol. The molecule has 1 atom stereocenters. The van der Waals surface area contributed by atoms with Gasteiger partial charge in [0.2, 0.25) is 0 Å². The van der Waals surface area contributed by atoms with Crippen LogP contribution in [0.4, 0.5) is 5.82 Å². The fourth-order valence-corrected chi connectivity index (χ4v) is 2.42. The third-order valence-electron chi connectivity index (χ3n) is 2.76. The number of hydrogen-bond acceptors (Lipinski definition) is 4. The number of anilines is 1. The molecule has 1 unspecified atom stereocenters. The molecule has 0 aliphatic rings. The molecule has 0 saturated heterocycles. The van der Waals surface area contributed by atoms with Crippen LogP contribution in [0.3, 0.4) is 0 Å². The van der Waals surface area contributed by atoms with E-state index in [1.807, 2.05) is 20.8 Å². The highest BCUT2D eigenvalue weighted by molar-refractivity contribution is 7.98. The van der Waals surface area contributed by atoms with Crippen LogP contribution in [0.2, 0.25) is 0 Å². The largest absolute Gasteiger partial charge is 0.362 e. The first-order valence-electron chi connectivity index (χ1n) is 6.23. The molecule has 0 fully saturated rings. The van der Waals surface area contributed by atoms with Crippen molar-refractivity contribution in [2.45, 2.75) is 45.7 Å². The van der Waals surface area contributed by atoms with E-state index in [1.165, 1.54) is 0 Å². The van der Waals surface area contributed by atoms with Crippen molar-refractivity contribution < 1.29 is 0 Å². The normalized spacial score (nSPS) is 13.4. The van der Waals surface area contributed by atoms with Crippen molar-refractivity contribution in [1.82, 2.24) is 9.55 Å². The Bertz CT molecular complexity index is 437. The Morgan fingerprint density at radius 1 is 1.50 bits per heavy atom. The third kappa shape index (κ3) is 3.77. The molecular weight excluding hydrogens is 246 g/mol. The molecule has 5 heteroatoms. The van der Waals surface area contributed by atoms with Crippen molar-refractivity contribution in [3.05, 3.63) is 22.7 Å². The lowest BCUT2D eigenvalue weighted by Gasteiger charge is -2.23. The highest BCUT2D eigenvalue weighted by atomic mass is 32.2. The summed E-state index contributed by atoms with van der Waals surface area (Å²) in [6, 6.07) is 0.288. The van der Waals surface area contributed by atoms with Gasteiger partial charge in [0, 0.05) is 29.7 Å². The molecule has 0 amide bonds. The molecule has 0 aromatic carbocycles. The molecule has 0 radical (unpaired) electrons. The zero-order valence-electron chi connectivity index (χ0n) is 11.9. The SMILES string of the molecule is CCC(CSC)Nc1nccn(C(C)(C)C)c1=O. The van der Waals surface area contributed by atoms with E-state index in [1.54, 1.807) is 28.7 Å². The van der Waals surface area contributed by atoms with Crippen molar-refractivity contribution in [2.24, 2.45) is 0 Å². The van der Waals surface area contributed by atoms with Crippen LogP contribution < -0.4 is 10.9 Å². The van der Waals surface area contributed by atoms with Gasteiger partial charge in [-0.15, -0.1) is 0 Å². The fraction of sp³-hybridized carbons (Fsp3) is 0.692. The van der Waals surface area contributed by atoms with Gasteiger partial charge in [-0.05, 0) is 33.4 Å². The quantitative estimate of drug-likeness (QED) is 0.892. The third-order valence-corrected chi connectivity index (χ3v) is 3.50. The number of nitrogens with one attached hydrogen (secondary N) is 1. The van der Waals surface area contributed by atoms with E-state index in [2.05, 4.69) is 23.5 Å². The fourth-order valence-electron chi connectivity index (χ4n) is 1.69. The van der Waals surface area contributed by atoms with Crippen LogP contribution in [-0.4, -0.2) is 27.6 Å². The van der Waals surface area contributed by atoms with E-state index in [9.17, 15) is 4.79 Å². The molecule has 1 aromatic heterocycles. The molecule has 1 aromatic rings. The summed E-state index contributed by atoms with van der Waals surface area (Å²) in [5, 5.41) is 3.25. The van der Waals surface area contributed by atoms with Gasteiger partial charge in [-0.2, -0.15) is 11.8 Å². The summed E-state index contributed by atoms with van der Waals surface area (Å²) in [4.78, 5) is 16.5. The van der Waals surface area contributed by atoms with Gasteiger partial charge in [-0.1, -0.05) is 6.92 Å². The van der Waals surface area contributed by atoms with Crippen LogP contribution in [0.25, 0.3) is 0 Å². The van der Waals surface area contributed by atoms with E-state index < -0.39 is 0 Å². The summed E-state index contributed by atoms with van der Waals surface area (Å²) in [5.74, 6) is 1.43. The van der Waals surface area contributed by atoms with Gasteiger partial charge >= 0.3 is 0 Å². The van der Waals surface area contributed by atoms with Crippen molar-refractivity contribution in [3.8, 4) is 0 Å². The maximum atomic E-state index is 12.3. The van der Waals surface area contributed by atoms with Crippen LogP contribution >= 0.6 is 11.8 Å². The van der Waals surface area contributed by atoms with Crippen LogP contribution in [0.1, 0.15) is 34.1 Å². The Morgan fingerprint density at radius 2 is 2.17 bits per heavy atom. The molecule has 0 aliphatic carbocycles. The average molecular weight is 269 g/mol. The van der Waals surface area contributed by atoms with Crippen molar-refractivity contribution in [3.63, 3.8) is 0 Å². The van der Waals surface area contributed by atoms with E-state index >= 15 is 0 Å². The van der Waals surface area contributed by atoms with E-state index in [0.717, 1.165) is 12.2 Å². The Morgan fingerprint density at radius 3 is 2.67 bits per heavy atom. The Kier molecular flexibility index (Phi) is 5.26. The van der Waals surface area contributed by atoms with Gasteiger partial charge in [0.15, 0.2) is 5.82 Å². The van der Waals surface area contributed by atoms with Crippen molar-refractivity contribution in [2.75, 3.05) is 17.3 Å². The summed E-state index contributed by atoms with van der Waals surface area (Å²) in [5.41, 5.74) is -0.276. The second-order valence-corrected chi connectivity index (χ2v) is 6.24. The summed E-state index contributed by atoms with van der Waals surface area (Å²) in [7, 11) is 0. The first-order valence-corrected chi connectivity index (χ1v) is 7.63. The number of nitrogens with zero attached hydrogens (tertiary/aromatic N) is 2. The zero-order chi connectivity index (χ0) is 13.8. The van der Waals surface area contributed by atoms with Crippen LogP contribution in [0, 0.1) is 0 Å². The van der Waals surface area contributed by atoms with Gasteiger partial charge in [0.1, 0.15) is 0 Å². The number of thioether (sulfide) groups is 1. The highest BCUT2D eigenvalue weighted by Crippen LogP contribution is 2.12. The minimum absolute atomic E-state index is 0.0513. The first-order chi connectivity index (χ1) is 8.40. The van der Waals surface area contributed by atoms with Gasteiger partial charge in [-0.25, -0.2) is 4.98 Å². The van der Waals surface area contributed by atoms with Crippen LogP contribution in [-0.2, 0) is 5.54 Å². The number of hydrogen-bond donors (Lipinski definition) is 1. The summed E-state index contributed by atoms with van der Waals surface area (Å²) >= 11 is 1.77. The molecule has 1 rings (SSSR count). The summed E-state index contributed by atoms with van der Waals surface area (Å²) < 4.78 is 1.72. The molecule has 0 spiro atoms. The van der Waals surface area contributed by atoms with Crippen molar-refractivity contribution >= 4 is 17.6 Å². The van der Waals surface area contributed by atoms with Crippen LogP contribution in [0.5, 0.6) is 0 Å². The van der Waals surface area contributed by atoms with E-state index in [0.29, 0.717) is 5.82 Å². The monoisotopic (exact) mass is 269 g/mol. The summed E-state index contributed by atoms with van der Waals surface area (Å²) in [6.07, 6.45) is 6.46. The van der Waals surface area contributed by atoms with Gasteiger partial charge in [0.25, 0.3) is 5.56 Å². The number of rotatable bonds is 5. The molecule has 102 valence electrons. The molecular formula is C13H23N3OS. The second kappa shape index (κ2) is 6.27. The highest BCUT2D eigenvalue weighted by Gasteiger charge is 2.17. The lowest BCUT2D eigenvalue weighted by Crippen LogP contribution is -2.37. The molecule has 0 aliphatic heterocycles. The van der Waals surface area contributed by atoms with Gasteiger partial charge in [-0.3, -0.25) is 4.79 Å². The topological polar surface area (TPSA) is 46.9 Å². The Balaban J connectivity index is 3.01. The molecule has 0 saturated carbocycles. The lowest BCUT2D eigenvalue weighted by molar-refractivity contribution is 0.383. The lowest BCUT2D eigenvalue weighted by atomic mass is 10.1. The minimum Gasteiger partial charge on any atom is -0.362 e. The molecule has 1 N–H and O–H groups in total. The van der Waals surface area contributed by atoms with E-state index in [-0.39, 0.29) is 17.1 Å². The summed E-state index contributed by atoms with van der Waals surface area (Å²) in [6.45, 7) is 8.14. The Labute approximate surface area is 113 Å². The Hall–Kier alpha value is -0.970. The predicted octanol–water partition coefficient (Wildman–Crippen LogP) is 2.55. The molecule has 1 heterocycles. The smallest absolute Gasteiger partial charge is 0.293 e. The van der Waals surface area contributed by atoms with Crippen LogP contribution in [0.15, 0.2) is 17.2 Å². The maximum absolute atomic E-state index is 12.3. The molecule has 0 bridgehead atoms. The van der Waals surface area contributed by atoms with Gasteiger partial charge in [0.05, 0.1) is 0 Å². The second-order valence-electron chi connectivity index (χ2n) is 5.33. The van der Waals surface area contributed by atoms with Crippen molar-refractivity contribution in [1.29, 1.82) is 0 Å². The maximum Gasteiger partial charge on any atom is 0.293 e. The standard InChI is InChI=1S/C13H23N3OS/c1-6-10(9-18-5)15-11-12(17)16(8-7-14-11)13(2,3)4/h7-8,10H,6,9H2,1-5H3,(H,14,15). The molecule has 18 heavy (non-hydrogen) atoms. The molecule has 4 nitrogen and oxygen atoms in total. The zero-order valence-corrected chi connectivity index (χ0v) is 12.7. The first kappa shape index (κ1) is 15.1. The minimum atomic E-state index is -0.225. The van der Waals surface area contributed by atoms with Gasteiger partial charge < -0.3 is 9.88 Å². The average Bonchev–Trinajstić information content (AvgIpc) is 2.29.